The molecular formula is C25H18ClF3N4O6. The molecule has 5 rings (SSSR count). The van der Waals surface area contributed by atoms with Gasteiger partial charge in [-0.05, 0) is 13.0 Å². The Morgan fingerprint density at radius 2 is 1.85 bits per heavy atom. The Hall–Kier alpha value is -4.26. The minimum absolute atomic E-state index is 0.0628. The number of amides is 2. The molecule has 1 aromatic heterocycles. The van der Waals surface area contributed by atoms with Crippen LogP contribution in [0.2, 0.25) is 5.02 Å². The monoisotopic (exact) mass is 562 g/mol. The number of benzene rings is 1. The fraction of sp³-hybridized carbons (Fsp3) is 0.280. The summed E-state index contributed by atoms with van der Waals surface area (Å²) in [6.45, 7) is 1.47. The standard InChI is InChI=1S/C25H18ClF3N4O6/c1-3-39-24(38)18-15-14(17(31-18)16-19(34)11-6-4-5-7-12(11)20(16)35)22(36)33(23(15)37)32(2)21-13(26)8-10(9-30-21)25(27,28)29/h4-9,14-15,18,34H,3H2,1-2H3/t14-,15+,18-/m1/s1. The number of halogens is 4. The number of nitrogens with zero attached hydrogens (tertiary/aromatic N) is 4. The Morgan fingerprint density at radius 1 is 1.18 bits per heavy atom. The van der Waals surface area contributed by atoms with Gasteiger partial charge in [0, 0.05) is 24.4 Å². The van der Waals surface area contributed by atoms with E-state index >= 15 is 0 Å². The lowest BCUT2D eigenvalue weighted by molar-refractivity contribution is -0.149. The number of fused-ring (bicyclic) bond motifs is 2. The quantitative estimate of drug-likeness (QED) is 0.434. The van der Waals surface area contributed by atoms with Gasteiger partial charge in [0.2, 0.25) is 0 Å². The first-order chi connectivity index (χ1) is 18.4. The second-order valence-electron chi connectivity index (χ2n) is 8.85. The van der Waals surface area contributed by atoms with E-state index in [0.717, 1.165) is 5.01 Å². The van der Waals surface area contributed by atoms with E-state index in [9.17, 15) is 37.5 Å². The number of aliphatic hydroxyl groups excluding tert-OH is 1. The highest BCUT2D eigenvalue weighted by molar-refractivity contribution is 6.40. The van der Waals surface area contributed by atoms with Crippen molar-refractivity contribution in [3.8, 4) is 0 Å². The molecule has 0 unspecified atom stereocenters. The summed E-state index contributed by atoms with van der Waals surface area (Å²) in [5.41, 5.74) is -1.39. The molecule has 3 aliphatic rings. The largest absolute Gasteiger partial charge is 0.506 e. The predicted octanol–water partition coefficient (Wildman–Crippen LogP) is 3.26. The van der Waals surface area contributed by atoms with Crippen molar-refractivity contribution in [3.05, 3.63) is 63.8 Å². The average Bonchev–Trinajstić information content (AvgIpc) is 3.47. The van der Waals surface area contributed by atoms with Crippen molar-refractivity contribution in [3.63, 3.8) is 0 Å². The van der Waals surface area contributed by atoms with Crippen LogP contribution in [-0.4, -0.2) is 64.1 Å². The smallest absolute Gasteiger partial charge is 0.417 e. The fourth-order valence-electron chi connectivity index (χ4n) is 4.96. The number of hydrazine groups is 1. The summed E-state index contributed by atoms with van der Waals surface area (Å²) >= 11 is 6.03. The van der Waals surface area contributed by atoms with Gasteiger partial charge >= 0.3 is 12.1 Å². The number of Topliss-reactive ketones (excluding diaryl/α,β-unsaturated/α-hetero) is 1. The van der Waals surface area contributed by atoms with Crippen molar-refractivity contribution in [2.24, 2.45) is 16.8 Å². The van der Waals surface area contributed by atoms with E-state index in [2.05, 4.69) is 9.98 Å². The number of rotatable bonds is 5. The minimum atomic E-state index is -4.73. The van der Waals surface area contributed by atoms with Crippen LogP contribution in [0.3, 0.4) is 0 Å². The first kappa shape index (κ1) is 26.4. The molecule has 14 heteroatoms. The van der Waals surface area contributed by atoms with E-state index in [-0.39, 0.29) is 34.8 Å². The van der Waals surface area contributed by atoms with Crippen LogP contribution in [0, 0.1) is 11.8 Å². The van der Waals surface area contributed by atoms with Crippen LogP contribution < -0.4 is 5.01 Å². The lowest BCUT2D eigenvalue weighted by Crippen LogP contribution is -2.47. The highest BCUT2D eigenvalue weighted by Gasteiger charge is 2.62. The summed E-state index contributed by atoms with van der Waals surface area (Å²) < 4.78 is 44.3. The number of aromatic nitrogens is 1. The van der Waals surface area contributed by atoms with Crippen molar-refractivity contribution in [2.45, 2.75) is 19.1 Å². The van der Waals surface area contributed by atoms with E-state index in [1.807, 2.05) is 0 Å². The van der Waals surface area contributed by atoms with Gasteiger partial charge in [0.1, 0.15) is 5.76 Å². The molecule has 2 aromatic rings. The molecule has 0 radical (unpaired) electrons. The van der Waals surface area contributed by atoms with Gasteiger partial charge in [-0.15, -0.1) is 0 Å². The molecule has 1 aliphatic carbocycles. The number of aliphatic imine (C=N–C) groups is 1. The number of imide groups is 1. The van der Waals surface area contributed by atoms with Gasteiger partial charge in [0.25, 0.3) is 11.8 Å². The fourth-order valence-corrected chi connectivity index (χ4v) is 5.24. The zero-order valence-electron chi connectivity index (χ0n) is 20.2. The highest BCUT2D eigenvalue weighted by atomic mass is 35.5. The molecule has 202 valence electrons. The summed E-state index contributed by atoms with van der Waals surface area (Å²) in [5.74, 6) is -7.19. The first-order valence-corrected chi connectivity index (χ1v) is 11.9. The molecule has 3 atom stereocenters. The summed E-state index contributed by atoms with van der Waals surface area (Å²) in [6.07, 6.45) is -4.24. The van der Waals surface area contributed by atoms with Crippen LogP contribution in [0.1, 0.15) is 28.4 Å². The maximum Gasteiger partial charge on any atom is 0.417 e. The number of alkyl halides is 3. The van der Waals surface area contributed by atoms with Crippen molar-refractivity contribution in [2.75, 3.05) is 18.7 Å². The third-order valence-corrected chi connectivity index (χ3v) is 6.95. The van der Waals surface area contributed by atoms with Crippen molar-refractivity contribution < 1.29 is 42.2 Å². The lowest BCUT2D eigenvalue weighted by Gasteiger charge is -2.29. The van der Waals surface area contributed by atoms with Gasteiger partial charge in [0.15, 0.2) is 17.6 Å². The SMILES string of the molecule is CCOC(=O)[C@@H]1N=C(C2=C(O)c3ccccc3C2=O)[C@@H]2C(=O)N(N(C)c3ncc(C(F)(F)F)cc3Cl)C(=O)[C@@H]21. The second-order valence-corrected chi connectivity index (χ2v) is 9.26. The van der Waals surface area contributed by atoms with Crippen LogP contribution in [0.25, 0.3) is 5.76 Å². The maximum absolute atomic E-state index is 13.7. The number of anilines is 1. The number of ether oxygens (including phenoxy) is 1. The van der Waals surface area contributed by atoms with Gasteiger partial charge in [-0.2, -0.15) is 18.2 Å². The van der Waals surface area contributed by atoms with Crippen molar-refractivity contribution in [1.82, 2.24) is 9.99 Å². The average molecular weight is 563 g/mol. The van der Waals surface area contributed by atoms with Crippen LogP contribution in [0.5, 0.6) is 0 Å². The van der Waals surface area contributed by atoms with Gasteiger partial charge in [0.05, 0.1) is 40.3 Å². The van der Waals surface area contributed by atoms with Crippen molar-refractivity contribution in [1.29, 1.82) is 0 Å². The number of allylic oxidation sites excluding steroid dienone is 1. The summed E-state index contributed by atoms with van der Waals surface area (Å²) in [7, 11) is 1.18. The third-order valence-electron chi connectivity index (χ3n) is 6.67. The van der Waals surface area contributed by atoms with Crippen molar-refractivity contribution >= 4 is 52.5 Å². The zero-order chi connectivity index (χ0) is 28.4. The Balaban J connectivity index is 1.57. The van der Waals surface area contributed by atoms with E-state index in [1.54, 1.807) is 12.1 Å². The number of esters is 1. The minimum Gasteiger partial charge on any atom is -0.506 e. The molecule has 1 aromatic carbocycles. The number of pyridine rings is 1. The molecule has 39 heavy (non-hydrogen) atoms. The number of ketones is 1. The molecule has 1 fully saturated rings. The number of hydrogen-bond donors (Lipinski definition) is 1. The van der Waals surface area contributed by atoms with Crippen LogP contribution in [-0.2, 0) is 25.3 Å². The molecule has 3 heterocycles. The normalized spacial score (nSPS) is 22.3. The molecule has 1 saturated heterocycles. The predicted molar refractivity (Wildman–Crippen MR) is 130 cm³/mol. The van der Waals surface area contributed by atoms with Crippen LogP contribution in [0.4, 0.5) is 19.0 Å². The molecule has 0 spiro atoms. The number of hydrogen-bond acceptors (Lipinski definition) is 9. The number of carbonyl (C=O) groups is 4. The van der Waals surface area contributed by atoms with Gasteiger partial charge in [-0.25, -0.2) is 9.78 Å². The van der Waals surface area contributed by atoms with Gasteiger partial charge in [-0.3, -0.25) is 24.4 Å². The summed E-state index contributed by atoms with van der Waals surface area (Å²) in [4.78, 5) is 61.2. The first-order valence-electron chi connectivity index (χ1n) is 11.5. The molecule has 1 N–H and O–H groups in total. The topological polar surface area (TPSA) is 129 Å². The molecule has 2 aliphatic heterocycles. The van der Waals surface area contributed by atoms with E-state index < -0.39 is 64.0 Å². The highest BCUT2D eigenvalue weighted by Crippen LogP contribution is 2.44. The number of aliphatic hydroxyl groups is 1. The van der Waals surface area contributed by atoms with Crippen LogP contribution in [0.15, 0.2) is 47.1 Å². The van der Waals surface area contributed by atoms with E-state index in [0.29, 0.717) is 17.3 Å². The van der Waals surface area contributed by atoms with E-state index in [1.165, 1.54) is 26.1 Å². The second kappa shape index (κ2) is 9.19. The maximum atomic E-state index is 13.7. The Labute approximate surface area is 223 Å². The van der Waals surface area contributed by atoms with E-state index in [4.69, 9.17) is 16.3 Å². The van der Waals surface area contributed by atoms with Crippen LogP contribution >= 0.6 is 11.6 Å². The zero-order valence-corrected chi connectivity index (χ0v) is 20.9. The molecular weight excluding hydrogens is 545 g/mol. The Kier molecular flexibility index (Phi) is 6.21. The Morgan fingerprint density at radius 3 is 2.44 bits per heavy atom. The summed E-state index contributed by atoms with van der Waals surface area (Å²) in [5, 5.41) is 11.8. The van der Waals surface area contributed by atoms with Gasteiger partial charge in [-0.1, -0.05) is 35.9 Å². The van der Waals surface area contributed by atoms with Gasteiger partial charge < -0.3 is 9.84 Å². The Bertz CT molecular complexity index is 1520. The lowest BCUT2D eigenvalue weighted by atomic mass is 9.85. The summed E-state index contributed by atoms with van der Waals surface area (Å²) in [6, 6.07) is 5.20. The third kappa shape index (κ3) is 3.95. The number of carbonyl (C=O) groups excluding carboxylic acids is 4. The molecule has 10 nitrogen and oxygen atoms in total. The molecule has 0 saturated carbocycles. The molecule has 2 amide bonds. The molecule has 0 bridgehead atoms.